The third-order valence-corrected chi connectivity index (χ3v) is 13.1. The van der Waals surface area contributed by atoms with Crippen LogP contribution in [0.5, 0.6) is 0 Å². The van der Waals surface area contributed by atoms with E-state index in [9.17, 15) is 73.2 Å². The number of hydrogen-bond acceptors (Lipinski definition) is 15. The molecule has 0 bridgehead atoms. The number of nitrogens with one attached hydrogen (secondary N) is 9. The second-order valence-electron chi connectivity index (χ2n) is 21.8. The van der Waals surface area contributed by atoms with Crippen molar-refractivity contribution in [2.45, 2.75) is 208 Å². The van der Waals surface area contributed by atoms with Gasteiger partial charge < -0.3 is 79.7 Å². The van der Waals surface area contributed by atoms with Crippen LogP contribution in [0, 0.1) is 35.5 Å². The number of amides is 9. The minimum Gasteiger partial charge on any atom is -0.481 e. The van der Waals surface area contributed by atoms with Crippen LogP contribution in [0.2, 0.25) is 0 Å². The van der Waals surface area contributed by atoms with Crippen molar-refractivity contribution in [3.63, 3.8) is 0 Å². The van der Waals surface area contributed by atoms with Gasteiger partial charge in [0.1, 0.15) is 54.4 Å². The number of unbranched alkanes of at least 4 members (excludes halogenated alkanes) is 1. The van der Waals surface area contributed by atoms with Crippen LogP contribution in [0.1, 0.15) is 147 Å². The van der Waals surface area contributed by atoms with Crippen LogP contribution in [-0.4, -0.2) is 166 Å². The number of carboxylic acids is 2. The van der Waals surface area contributed by atoms with Gasteiger partial charge in [-0.15, -0.1) is 0 Å². The number of aliphatic hydroxyl groups excluding tert-OH is 2. The number of nitrogens with two attached hydrogens (primary N) is 2. The number of carboxylic acid groups (broad SMARTS) is 2. The minimum atomic E-state index is -1.69. The van der Waals surface area contributed by atoms with Crippen molar-refractivity contribution < 1.29 is 73.2 Å². The maximum absolute atomic E-state index is 14.1. The highest BCUT2D eigenvalue weighted by Crippen LogP contribution is 2.15. The fourth-order valence-corrected chi connectivity index (χ4v) is 7.88. The minimum absolute atomic E-state index is 0.0319. The van der Waals surface area contributed by atoms with Crippen molar-refractivity contribution in [3.05, 3.63) is 0 Å². The van der Waals surface area contributed by atoms with Gasteiger partial charge in [0, 0.05) is 6.42 Å². The van der Waals surface area contributed by atoms with Crippen molar-refractivity contribution in [3.8, 4) is 0 Å². The van der Waals surface area contributed by atoms with Gasteiger partial charge in [-0.25, -0.2) is 4.79 Å². The molecular formula is C52H95N11O15. The number of aliphatic hydroxyl groups is 2. The molecule has 12 atom stereocenters. The van der Waals surface area contributed by atoms with Crippen molar-refractivity contribution in [2.75, 3.05) is 19.8 Å². The van der Waals surface area contributed by atoms with Crippen LogP contribution >= 0.6 is 0 Å². The first-order chi connectivity index (χ1) is 36.4. The molecule has 0 aromatic rings. The molecule has 0 radical (unpaired) electrons. The van der Waals surface area contributed by atoms with E-state index in [1.807, 2.05) is 13.8 Å². The van der Waals surface area contributed by atoms with Gasteiger partial charge >= 0.3 is 11.9 Å². The fourth-order valence-electron chi connectivity index (χ4n) is 7.88. The molecule has 0 fully saturated rings. The maximum Gasteiger partial charge on any atom is 0.326 e. The Bertz CT molecular complexity index is 1970. The van der Waals surface area contributed by atoms with Crippen LogP contribution in [0.25, 0.3) is 0 Å². The Morgan fingerprint density at radius 3 is 1.06 bits per heavy atom. The summed E-state index contributed by atoms with van der Waals surface area (Å²) in [6.45, 7) is 19.2. The largest absolute Gasteiger partial charge is 0.481 e. The molecule has 0 unspecified atom stereocenters. The molecule has 448 valence electrons. The van der Waals surface area contributed by atoms with Crippen LogP contribution < -0.4 is 59.3 Å². The van der Waals surface area contributed by atoms with Crippen molar-refractivity contribution >= 4 is 65.1 Å². The van der Waals surface area contributed by atoms with E-state index in [4.69, 9.17) is 11.5 Å². The number of carbonyl (C=O) groups is 11. The summed E-state index contributed by atoms with van der Waals surface area (Å²) in [7, 11) is 0. The number of carbonyl (C=O) groups excluding carboxylic acids is 9. The molecule has 0 spiro atoms. The summed E-state index contributed by atoms with van der Waals surface area (Å²) in [6.07, 6.45) is 0.312. The highest BCUT2D eigenvalue weighted by atomic mass is 16.4. The molecule has 26 heteroatoms. The molecule has 0 aliphatic heterocycles. The summed E-state index contributed by atoms with van der Waals surface area (Å²) in [5.74, 6) is -12.4. The third-order valence-electron chi connectivity index (χ3n) is 13.1. The number of aliphatic carboxylic acids is 2. The third kappa shape index (κ3) is 26.6. The molecule has 0 heterocycles. The second-order valence-corrected chi connectivity index (χ2v) is 21.8. The Labute approximate surface area is 459 Å². The van der Waals surface area contributed by atoms with Gasteiger partial charge in [-0.3, -0.25) is 47.9 Å². The lowest BCUT2D eigenvalue weighted by atomic mass is 9.96. The lowest BCUT2D eigenvalue weighted by Crippen LogP contribution is -2.62. The predicted molar refractivity (Wildman–Crippen MR) is 289 cm³/mol. The van der Waals surface area contributed by atoms with E-state index in [0.717, 1.165) is 0 Å². The topological polar surface area (TPSA) is 429 Å². The molecule has 0 saturated heterocycles. The zero-order valence-corrected chi connectivity index (χ0v) is 47.9. The highest BCUT2D eigenvalue weighted by Gasteiger charge is 2.37. The van der Waals surface area contributed by atoms with E-state index in [1.54, 1.807) is 69.2 Å². The van der Waals surface area contributed by atoms with Crippen LogP contribution in [-0.2, 0) is 52.7 Å². The van der Waals surface area contributed by atoms with E-state index in [2.05, 4.69) is 47.9 Å². The van der Waals surface area contributed by atoms with Crippen LogP contribution in [0.15, 0.2) is 0 Å². The average molecular weight is 1110 g/mol. The molecule has 9 amide bonds. The molecule has 0 saturated carbocycles. The maximum atomic E-state index is 14.1. The summed E-state index contributed by atoms with van der Waals surface area (Å²) in [5, 5.41) is 62.3. The lowest BCUT2D eigenvalue weighted by Gasteiger charge is -2.30. The second kappa shape index (κ2) is 37.0. The summed E-state index contributed by atoms with van der Waals surface area (Å²) in [4.78, 5) is 147. The van der Waals surface area contributed by atoms with Gasteiger partial charge in [-0.05, 0) is 87.0 Å². The van der Waals surface area contributed by atoms with E-state index in [-0.39, 0.29) is 62.3 Å². The van der Waals surface area contributed by atoms with Crippen LogP contribution in [0.3, 0.4) is 0 Å². The van der Waals surface area contributed by atoms with Crippen molar-refractivity contribution in [1.29, 1.82) is 0 Å². The molecular weight excluding hydrogens is 1020 g/mol. The molecule has 17 N–H and O–H groups in total. The SMILES string of the molecule is CC[C@H](C)[C@H](NC(=O)[C@H](CC(C)C)NC(=O)[C@H](CCC(=O)O)NC(=O)[C@H](CCCCN)NC(=O)[C@H](CO)NC(=O)[C@@H](NC(=O)[C@H](CC(C)C)NC(=O)[C@@H](N)C(C)C)[C@@H](C)CC)C(=O)N[C@@H](CO)C(=O)N[C@@H](CC(C)C)C(=O)O. The van der Waals surface area contributed by atoms with E-state index >= 15 is 0 Å². The Kier molecular flexibility index (Phi) is 34.1. The molecule has 0 rings (SSSR count). The molecule has 78 heavy (non-hydrogen) atoms. The lowest BCUT2D eigenvalue weighted by molar-refractivity contribution is -0.143. The molecule has 0 aromatic carbocycles. The first-order valence-electron chi connectivity index (χ1n) is 27.2. The zero-order chi connectivity index (χ0) is 60.1. The first kappa shape index (κ1) is 72.0. The van der Waals surface area contributed by atoms with Crippen molar-refractivity contribution in [2.24, 2.45) is 47.0 Å². The van der Waals surface area contributed by atoms with Crippen LogP contribution in [0.4, 0.5) is 0 Å². The highest BCUT2D eigenvalue weighted by molar-refractivity contribution is 5.98. The smallest absolute Gasteiger partial charge is 0.326 e. The van der Waals surface area contributed by atoms with Gasteiger partial charge in [0.2, 0.25) is 53.2 Å². The fraction of sp³-hybridized carbons (Fsp3) is 0.788. The summed E-state index contributed by atoms with van der Waals surface area (Å²) in [5.41, 5.74) is 11.7. The van der Waals surface area contributed by atoms with Gasteiger partial charge in [0.25, 0.3) is 0 Å². The predicted octanol–water partition coefficient (Wildman–Crippen LogP) is -1.37. The standard InChI is InChI=1S/C52H95N11O15/c1-13-30(11)41(51(76)61-38(25-65)48(73)59-36(52(77)78)23-28(7)8)62-45(70)34(21-26(3)4)57-44(69)33(18-19-39(66)67)56-43(68)32(17-15-16-20-53)55-47(72)37(24-64)60-50(75)42(31(12)14-2)63-46(71)35(22-27(5)6)58-49(74)40(54)29(9)10/h26-38,40-42,64-65H,13-25,53-54H2,1-12H3,(H,55,72)(H,56,68)(H,57,69)(H,58,74)(H,59,73)(H,60,75)(H,61,76)(H,62,70)(H,63,71)(H,66,67)(H,77,78)/t30-,31-,32-,33-,34-,35-,36-,37-,38-,40-,41-,42-/m0/s1. The summed E-state index contributed by atoms with van der Waals surface area (Å²) < 4.78 is 0. The molecule has 0 aliphatic rings. The molecule has 0 aromatic heterocycles. The Morgan fingerprint density at radius 1 is 0.410 bits per heavy atom. The summed E-state index contributed by atoms with van der Waals surface area (Å²) >= 11 is 0. The van der Waals surface area contributed by atoms with Gasteiger partial charge in [-0.1, -0.05) is 95.9 Å². The van der Waals surface area contributed by atoms with E-state index in [1.165, 1.54) is 0 Å². The Balaban J connectivity index is 6.72. The first-order valence-corrected chi connectivity index (χ1v) is 27.2. The summed E-state index contributed by atoms with van der Waals surface area (Å²) in [6, 6.07) is -13.7. The van der Waals surface area contributed by atoms with Gasteiger partial charge in [0.05, 0.1) is 19.3 Å². The normalized spacial score (nSPS) is 16.1. The number of hydrogen-bond donors (Lipinski definition) is 15. The number of rotatable bonds is 39. The molecule has 26 nitrogen and oxygen atoms in total. The monoisotopic (exact) mass is 1110 g/mol. The molecule has 0 aliphatic carbocycles. The zero-order valence-electron chi connectivity index (χ0n) is 47.9. The van der Waals surface area contributed by atoms with E-state index < -0.39 is 163 Å². The van der Waals surface area contributed by atoms with Gasteiger partial charge in [0.15, 0.2) is 0 Å². The Morgan fingerprint density at radius 2 is 0.731 bits per heavy atom. The van der Waals surface area contributed by atoms with Gasteiger partial charge in [-0.2, -0.15) is 0 Å². The average Bonchev–Trinajstić information content (AvgIpc) is 3.36. The Hall–Kier alpha value is -5.99. The van der Waals surface area contributed by atoms with Crippen molar-refractivity contribution in [1.82, 2.24) is 47.9 Å². The van der Waals surface area contributed by atoms with E-state index in [0.29, 0.717) is 19.3 Å². The quantitative estimate of drug-likeness (QED) is 0.0316.